The monoisotopic (exact) mass is 275 g/mol. The summed E-state index contributed by atoms with van der Waals surface area (Å²) in [5.74, 6) is 1.86. The predicted octanol–water partition coefficient (Wildman–Crippen LogP) is 4.53. The van der Waals surface area contributed by atoms with Crippen molar-refractivity contribution in [2.45, 2.75) is 32.7 Å². The molecule has 0 radical (unpaired) electrons. The molecule has 3 nitrogen and oxygen atoms in total. The van der Waals surface area contributed by atoms with Gasteiger partial charge in [-0.2, -0.15) is 0 Å². The molecule has 1 atom stereocenters. The van der Waals surface area contributed by atoms with E-state index in [0.717, 1.165) is 31.0 Å². The Morgan fingerprint density at radius 1 is 1.16 bits per heavy atom. The van der Waals surface area contributed by atoms with E-state index < -0.39 is 0 Å². The van der Waals surface area contributed by atoms with Gasteiger partial charge in [-0.15, -0.1) is 11.3 Å². The topological polar surface area (TPSA) is 37.0 Å². The molecule has 0 saturated heterocycles. The Balaban J connectivity index is 2.10. The summed E-state index contributed by atoms with van der Waals surface area (Å²) < 4.78 is 0. The first-order valence-corrected chi connectivity index (χ1v) is 7.72. The van der Waals surface area contributed by atoms with Crippen molar-refractivity contribution in [3.05, 3.63) is 40.6 Å². The third kappa shape index (κ3) is 3.96. The second kappa shape index (κ2) is 7.14. The SMILES string of the molecule is CCCC(Nc1cccc(NCC)n1)c1cccs1. The van der Waals surface area contributed by atoms with Crippen molar-refractivity contribution >= 4 is 23.0 Å². The van der Waals surface area contributed by atoms with Crippen molar-refractivity contribution < 1.29 is 0 Å². The molecule has 19 heavy (non-hydrogen) atoms. The standard InChI is InChI=1S/C15H21N3S/c1-3-7-12(13-8-6-11-19-13)17-15-10-5-9-14(18-15)16-4-2/h5-6,8-12H,3-4,7H2,1-2H3,(H2,16,17,18). The lowest BCUT2D eigenvalue weighted by molar-refractivity contribution is 0.685. The van der Waals surface area contributed by atoms with E-state index >= 15 is 0 Å². The molecule has 0 aliphatic heterocycles. The summed E-state index contributed by atoms with van der Waals surface area (Å²) in [6.07, 6.45) is 2.27. The minimum Gasteiger partial charge on any atom is -0.370 e. The Kier molecular flexibility index (Phi) is 5.21. The molecule has 0 saturated carbocycles. The summed E-state index contributed by atoms with van der Waals surface area (Å²) in [7, 11) is 0. The molecule has 0 spiro atoms. The number of nitrogens with one attached hydrogen (secondary N) is 2. The van der Waals surface area contributed by atoms with Crippen molar-refractivity contribution in [1.82, 2.24) is 4.98 Å². The summed E-state index contributed by atoms with van der Waals surface area (Å²) in [6.45, 7) is 5.18. The van der Waals surface area contributed by atoms with Crippen LogP contribution in [0, 0.1) is 0 Å². The highest BCUT2D eigenvalue weighted by atomic mass is 32.1. The van der Waals surface area contributed by atoms with Gasteiger partial charge < -0.3 is 10.6 Å². The second-order valence-electron chi connectivity index (χ2n) is 4.44. The smallest absolute Gasteiger partial charge is 0.128 e. The highest BCUT2D eigenvalue weighted by Crippen LogP contribution is 2.27. The van der Waals surface area contributed by atoms with E-state index in [1.165, 1.54) is 4.88 Å². The highest BCUT2D eigenvalue weighted by Gasteiger charge is 2.12. The van der Waals surface area contributed by atoms with Gasteiger partial charge in [0.05, 0.1) is 6.04 Å². The minimum atomic E-state index is 0.356. The van der Waals surface area contributed by atoms with Crippen molar-refractivity contribution in [3.63, 3.8) is 0 Å². The lowest BCUT2D eigenvalue weighted by atomic mass is 10.1. The van der Waals surface area contributed by atoms with Gasteiger partial charge in [0.25, 0.3) is 0 Å². The Morgan fingerprint density at radius 3 is 2.68 bits per heavy atom. The summed E-state index contributed by atoms with van der Waals surface area (Å²) in [5.41, 5.74) is 0. The van der Waals surface area contributed by atoms with Gasteiger partial charge in [0.15, 0.2) is 0 Å². The lowest BCUT2D eigenvalue weighted by Crippen LogP contribution is -2.11. The summed E-state index contributed by atoms with van der Waals surface area (Å²) >= 11 is 1.80. The van der Waals surface area contributed by atoms with Crippen LogP contribution in [0.2, 0.25) is 0 Å². The molecule has 2 N–H and O–H groups in total. The van der Waals surface area contributed by atoms with E-state index in [1.807, 2.05) is 18.2 Å². The summed E-state index contributed by atoms with van der Waals surface area (Å²) in [5, 5.41) is 8.91. The molecular formula is C15H21N3S. The summed E-state index contributed by atoms with van der Waals surface area (Å²) in [4.78, 5) is 5.95. The van der Waals surface area contributed by atoms with Gasteiger partial charge in [-0.1, -0.05) is 25.5 Å². The number of nitrogens with zero attached hydrogens (tertiary/aromatic N) is 1. The molecule has 4 heteroatoms. The minimum absolute atomic E-state index is 0.356. The van der Waals surface area contributed by atoms with Gasteiger partial charge in [0.1, 0.15) is 11.6 Å². The van der Waals surface area contributed by atoms with E-state index in [-0.39, 0.29) is 0 Å². The van der Waals surface area contributed by atoms with Gasteiger partial charge in [-0.05, 0) is 36.9 Å². The zero-order chi connectivity index (χ0) is 13.5. The molecular weight excluding hydrogens is 254 g/mol. The van der Waals surface area contributed by atoms with Gasteiger partial charge in [0, 0.05) is 11.4 Å². The van der Waals surface area contributed by atoms with E-state index in [0.29, 0.717) is 6.04 Å². The molecule has 102 valence electrons. The van der Waals surface area contributed by atoms with Gasteiger partial charge in [0.2, 0.25) is 0 Å². The van der Waals surface area contributed by atoms with E-state index in [1.54, 1.807) is 11.3 Å². The fourth-order valence-electron chi connectivity index (χ4n) is 2.04. The van der Waals surface area contributed by atoms with Crippen LogP contribution >= 0.6 is 11.3 Å². The van der Waals surface area contributed by atoms with E-state index in [2.05, 4.69) is 47.0 Å². The number of aromatic nitrogens is 1. The van der Waals surface area contributed by atoms with Crippen molar-refractivity contribution in [2.24, 2.45) is 0 Å². The quantitative estimate of drug-likeness (QED) is 0.779. The largest absolute Gasteiger partial charge is 0.370 e. The van der Waals surface area contributed by atoms with E-state index in [4.69, 9.17) is 0 Å². The maximum atomic E-state index is 4.58. The normalized spacial score (nSPS) is 12.1. The average molecular weight is 275 g/mol. The molecule has 0 amide bonds. The number of anilines is 2. The molecule has 0 aliphatic rings. The maximum Gasteiger partial charge on any atom is 0.128 e. The van der Waals surface area contributed by atoms with Crippen molar-refractivity contribution in [3.8, 4) is 0 Å². The predicted molar refractivity (Wildman–Crippen MR) is 84.0 cm³/mol. The molecule has 0 fully saturated rings. The Bertz CT molecular complexity index is 482. The molecule has 1 unspecified atom stereocenters. The highest BCUT2D eigenvalue weighted by molar-refractivity contribution is 7.10. The van der Waals surface area contributed by atoms with Crippen LogP contribution in [0.25, 0.3) is 0 Å². The van der Waals surface area contributed by atoms with Gasteiger partial charge in [-0.25, -0.2) is 4.98 Å². The molecule has 2 rings (SSSR count). The van der Waals surface area contributed by atoms with Crippen molar-refractivity contribution in [2.75, 3.05) is 17.2 Å². The molecule has 0 bridgehead atoms. The van der Waals surface area contributed by atoms with Crippen LogP contribution < -0.4 is 10.6 Å². The second-order valence-corrected chi connectivity index (χ2v) is 5.42. The average Bonchev–Trinajstić information content (AvgIpc) is 2.93. The first-order valence-electron chi connectivity index (χ1n) is 6.84. The zero-order valence-corrected chi connectivity index (χ0v) is 12.3. The van der Waals surface area contributed by atoms with Gasteiger partial charge in [-0.3, -0.25) is 0 Å². The van der Waals surface area contributed by atoms with Crippen LogP contribution in [-0.2, 0) is 0 Å². The Labute approximate surface area is 119 Å². The number of hydrogen-bond acceptors (Lipinski definition) is 4. The van der Waals surface area contributed by atoms with Crippen LogP contribution in [-0.4, -0.2) is 11.5 Å². The molecule has 2 aromatic rings. The number of pyridine rings is 1. The number of hydrogen-bond donors (Lipinski definition) is 2. The van der Waals surface area contributed by atoms with Crippen LogP contribution in [0.4, 0.5) is 11.6 Å². The fraction of sp³-hybridized carbons (Fsp3) is 0.400. The van der Waals surface area contributed by atoms with Crippen LogP contribution in [0.15, 0.2) is 35.7 Å². The Hall–Kier alpha value is -1.55. The maximum absolute atomic E-state index is 4.58. The molecule has 0 aromatic carbocycles. The first kappa shape index (κ1) is 13.9. The van der Waals surface area contributed by atoms with Crippen molar-refractivity contribution in [1.29, 1.82) is 0 Å². The first-order chi connectivity index (χ1) is 9.33. The van der Waals surface area contributed by atoms with Crippen LogP contribution in [0.3, 0.4) is 0 Å². The Morgan fingerprint density at radius 2 is 2.00 bits per heavy atom. The number of thiophene rings is 1. The third-order valence-electron chi connectivity index (χ3n) is 2.89. The molecule has 0 aliphatic carbocycles. The molecule has 2 heterocycles. The van der Waals surface area contributed by atoms with Crippen LogP contribution in [0.5, 0.6) is 0 Å². The van der Waals surface area contributed by atoms with Crippen LogP contribution in [0.1, 0.15) is 37.6 Å². The van der Waals surface area contributed by atoms with Gasteiger partial charge >= 0.3 is 0 Å². The summed E-state index contributed by atoms with van der Waals surface area (Å²) in [6, 6.07) is 10.7. The third-order valence-corrected chi connectivity index (χ3v) is 3.88. The zero-order valence-electron chi connectivity index (χ0n) is 11.5. The lowest BCUT2D eigenvalue weighted by Gasteiger charge is -2.18. The van der Waals surface area contributed by atoms with E-state index in [9.17, 15) is 0 Å². The molecule has 2 aromatic heterocycles. The number of rotatable bonds is 7. The fourth-order valence-corrected chi connectivity index (χ4v) is 2.85.